The van der Waals surface area contributed by atoms with E-state index in [1.165, 1.54) is 0 Å². The van der Waals surface area contributed by atoms with Gasteiger partial charge in [-0.1, -0.05) is 56.5 Å². The molecule has 3 aromatic rings. The smallest absolute Gasteiger partial charge is 0.263 e. The van der Waals surface area contributed by atoms with Crippen molar-refractivity contribution in [1.82, 2.24) is 10.3 Å². The maximum Gasteiger partial charge on any atom is 0.263 e. The van der Waals surface area contributed by atoms with Crippen molar-refractivity contribution >= 4 is 5.91 Å². The average molecular weight is 366 g/mol. The van der Waals surface area contributed by atoms with Gasteiger partial charge in [0.25, 0.3) is 5.89 Å². The second kappa shape index (κ2) is 9.21. The van der Waals surface area contributed by atoms with Crippen LogP contribution in [-0.4, -0.2) is 10.9 Å². The Bertz CT molecular complexity index is 838. The molecule has 0 saturated heterocycles. The summed E-state index contributed by atoms with van der Waals surface area (Å²) in [6.45, 7) is 4.00. The normalized spacial score (nSPS) is 12.1. The number of furan rings is 1. The number of amides is 1. The number of nitrogens with one attached hydrogen (secondary N) is 1. The Labute approximate surface area is 159 Å². The first-order valence-corrected chi connectivity index (χ1v) is 9.52. The third-order valence-corrected chi connectivity index (χ3v) is 4.59. The Kier molecular flexibility index (Phi) is 6.47. The molecule has 0 aliphatic carbocycles. The van der Waals surface area contributed by atoms with Crippen LogP contribution in [0.4, 0.5) is 0 Å². The minimum Gasteiger partial charge on any atom is -0.459 e. The van der Waals surface area contributed by atoms with Gasteiger partial charge in [0.15, 0.2) is 5.76 Å². The molecule has 2 aromatic heterocycles. The number of rotatable bonds is 9. The van der Waals surface area contributed by atoms with E-state index in [2.05, 4.69) is 29.4 Å². The lowest BCUT2D eigenvalue weighted by Crippen LogP contribution is -2.30. The molecule has 5 heteroatoms. The second-order valence-corrected chi connectivity index (χ2v) is 6.70. The molecule has 2 heterocycles. The molecule has 0 aliphatic heterocycles. The van der Waals surface area contributed by atoms with Gasteiger partial charge >= 0.3 is 0 Å². The van der Waals surface area contributed by atoms with Crippen LogP contribution in [0.3, 0.4) is 0 Å². The summed E-state index contributed by atoms with van der Waals surface area (Å²) in [6.07, 6.45) is 6.09. The van der Waals surface area contributed by atoms with Crippen LogP contribution < -0.4 is 5.32 Å². The summed E-state index contributed by atoms with van der Waals surface area (Å²) in [6, 6.07) is 13.7. The molecule has 3 rings (SSSR count). The van der Waals surface area contributed by atoms with Crippen LogP contribution in [0.15, 0.2) is 57.6 Å². The van der Waals surface area contributed by atoms with Crippen molar-refractivity contribution in [2.24, 2.45) is 0 Å². The number of aryl methyl sites for hydroxylation is 1. The molecule has 1 unspecified atom stereocenters. The standard InChI is InChI=1S/C22H26N2O3/c1-3-4-6-12-18(17-10-7-5-8-11-17)23-21(25)15-19-16(2)27-22(24-19)20-13-9-14-26-20/h5,7-11,13-14,18H,3-4,6,12,15H2,1-2H3,(H,23,25). The van der Waals surface area contributed by atoms with Gasteiger partial charge in [-0.3, -0.25) is 4.79 Å². The van der Waals surface area contributed by atoms with E-state index < -0.39 is 0 Å². The summed E-state index contributed by atoms with van der Waals surface area (Å²) in [4.78, 5) is 17.1. The van der Waals surface area contributed by atoms with E-state index in [4.69, 9.17) is 8.83 Å². The zero-order valence-corrected chi connectivity index (χ0v) is 15.9. The van der Waals surface area contributed by atoms with Crippen LogP contribution in [0.2, 0.25) is 0 Å². The fourth-order valence-electron chi connectivity index (χ4n) is 3.10. The monoisotopic (exact) mass is 366 g/mol. The molecule has 0 saturated carbocycles. The Morgan fingerprint density at radius 1 is 1.15 bits per heavy atom. The van der Waals surface area contributed by atoms with Crippen molar-refractivity contribution in [2.45, 2.75) is 52.0 Å². The maximum atomic E-state index is 12.7. The molecule has 1 aromatic carbocycles. The molecule has 1 amide bonds. The molecule has 0 bridgehead atoms. The van der Waals surface area contributed by atoms with E-state index in [1.54, 1.807) is 18.4 Å². The fraction of sp³-hybridized carbons (Fsp3) is 0.364. The van der Waals surface area contributed by atoms with E-state index in [0.29, 0.717) is 23.1 Å². The third kappa shape index (κ3) is 5.09. The lowest BCUT2D eigenvalue weighted by molar-refractivity contribution is -0.121. The number of hydrogen-bond donors (Lipinski definition) is 1. The first kappa shape index (κ1) is 19.0. The van der Waals surface area contributed by atoms with E-state index in [-0.39, 0.29) is 18.4 Å². The van der Waals surface area contributed by atoms with Crippen molar-refractivity contribution in [1.29, 1.82) is 0 Å². The second-order valence-electron chi connectivity index (χ2n) is 6.70. The zero-order chi connectivity index (χ0) is 19.1. The Hall–Kier alpha value is -2.82. The Morgan fingerprint density at radius 3 is 2.67 bits per heavy atom. The Morgan fingerprint density at radius 2 is 1.96 bits per heavy atom. The van der Waals surface area contributed by atoms with Gasteiger partial charge in [-0.25, -0.2) is 4.98 Å². The van der Waals surface area contributed by atoms with Crippen molar-refractivity contribution in [3.63, 3.8) is 0 Å². The molecular weight excluding hydrogens is 340 g/mol. The highest BCUT2D eigenvalue weighted by Gasteiger charge is 2.19. The van der Waals surface area contributed by atoms with Gasteiger partial charge in [-0.2, -0.15) is 0 Å². The summed E-state index contributed by atoms with van der Waals surface area (Å²) >= 11 is 0. The van der Waals surface area contributed by atoms with Crippen LogP contribution in [-0.2, 0) is 11.2 Å². The first-order chi connectivity index (χ1) is 13.2. The molecule has 27 heavy (non-hydrogen) atoms. The number of oxazole rings is 1. The van der Waals surface area contributed by atoms with Gasteiger partial charge in [0.05, 0.1) is 24.4 Å². The number of nitrogens with zero attached hydrogens (tertiary/aromatic N) is 1. The predicted molar refractivity (Wildman–Crippen MR) is 104 cm³/mol. The molecule has 1 N–H and O–H groups in total. The zero-order valence-electron chi connectivity index (χ0n) is 15.9. The summed E-state index contributed by atoms with van der Waals surface area (Å²) in [5.41, 5.74) is 1.77. The van der Waals surface area contributed by atoms with Crippen LogP contribution in [0.25, 0.3) is 11.7 Å². The van der Waals surface area contributed by atoms with Gasteiger partial charge in [0.1, 0.15) is 5.76 Å². The van der Waals surface area contributed by atoms with Gasteiger partial charge in [-0.15, -0.1) is 0 Å². The van der Waals surface area contributed by atoms with Crippen molar-refractivity contribution in [3.05, 3.63) is 65.7 Å². The number of carbonyl (C=O) groups is 1. The van der Waals surface area contributed by atoms with Gasteiger partial charge in [0, 0.05) is 0 Å². The van der Waals surface area contributed by atoms with Crippen LogP contribution in [0, 0.1) is 6.92 Å². The maximum absolute atomic E-state index is 12.7. The number of aromatic nitrogens is 1. The van der Waals surface area contributed by atoms with Crippen LogP contribution in [0.5, 0.6) is 0 Å². The SMILES string of the molecule is CCCCCC(NC(=O)Cc1nc(-c2ccco2)oc1C)c1ccccc1. The molecular formula is C22H26N2O3. The number of carbonyl (C=O) groups excluding carboxylic acids is 1. The highest BCUT2D eigenvalue weighted by molar-refractivity contribution is 5.79. The highest BCUT2D eigenvalue weighted by atomic mass is 16.4. The van der Waals surface area contributed by atoms with E-state index in [1.807, 2.05) is 25.1 Å². The summed E-state index contributed by atoms with van der Waals surface area (Å²) in [7, 11) is 0. The van der Waals surface area contributed by atoms with E-state index >= 15 is 0 Å². The lowest BCUT2D eigenvalue weighted by Gasteiger charge is -2.19. The van der Waals surface area contributed by atoms with Gasteiger partial charge in [-0.05, 0) is 31.0 Å². The van der Waals surface area contributed by atoms with Gasteiger partial charge in [0.2, 0.25) is 5.91 Å². The largest absolute Gasteiger partial charge is 0.459 e. The molecule has 0 radical (unpaired) electrons. The van der Waals surface area contributed by atoms with Gasteiger partial charge < -0.3 is 14.2 Å². The molecule has 0 spiro atoms. The average Bonchev–Trinajstić information content (AvgIpc) is 3.32. The number of unbranched alkanes of at least 4 members (excludes halogenated alkanes) is 2. The van der Waals surface area contributed by atoms with E-state index in [9.17, 15) is 4.79 Å². The topological polar surface area (TPSA) is 68.3 Å². The fourth-order valence-corrected chi connectivity index (χ4v) is 3.10. The molecule has 5 nitrogen and oxygen atoms in total. The summed E-state index contributed by atoms with van der Waals surface area (Å²) in [5.74, 6) is 1.55. The van der Waals surface area contributed by atoms with E-state index in [0.717, 1.165) is 31.2 Å². The minimum atomic E-state index is -0.0530. The third-order valence-electron chi connectivity index (χ3n) is 4.59. The first-order valence-electron chi connectivity index (χ1n) is 9.52. The van der Waals surface area contributed by atoms with Crippen molar-refractivity contribution in [3.8, 4) is 11.7 Å². The quantitative estimate of drug-likeness (QED) is 0.527. The molecule has 142 valence electrons. The minimum absolute atomic E-state index is 0.0157. The van der Waals surface area contributed by atoms with Crippen molar-refractivity contribution < 1.29 is 13.6 Å². The molecule has 1 atom stereocenters. The lowest BCUT2D eigenvalue weighted by atomic mass is 10.00. The Balaban J connectivity index is 1.67. The number of benzene rings is 1. The molecule has 0 aliphatic rings. The van der Waals surface area contributed by atoms with Crippen molar-refractivity contribution in [2.75, 3.05) is 0 Å². The summed E-state index contributed by atoms with van der Waals surface area (Å²) < 4.78 is 11.0. The molecule has 0 fully saturated rings. The predicted octanol–water partition coefficient (Wildman–Crippen LogP) is 5.22. The summed E-state index contributed by atoms with van der Waals surface area (Å²) in [5, 5.41) is 3.17. The number of hydrogen-bond acceptors (Lipinski definition) is 4. The van der Waals surface area contributed by atoms with Crippen LogP contribution >= 0.6 is 0 Å². The highest BCUT2D eigenvalue weighted by Crippen LogP contribution is 2.23. The van der Waals surface area contributed by atoms with Crippen LogP contribution in [0.1, 0.15) is 55.7 Å².